The molecular weight excluding hydrogens is 470 g/mol. The molecule has 0 saturated heterocycles. The van der Waals surface area contributed by atoms with Gasteiger partial charge < -0.3 is 5.11 Å². The van der Waals surface area contributed by atoms with Crippen LogP contribution in [-0.4, -0.2) is 36.7 Å². The predicted molar refractivity (Wildman–Crippen MR) is 144 cm³/mol. The molecule has 196 valence electrons. The molecule has 5 nitrogen and oxygen atoms in total. The second-order valence-corrected chi connectivity index (χ2v) is 13.9. The third kappa shape index (κ3) is 5.32. The van der Waals surface area contributed by atoms with Crippen molar-refractivity contribution in [3.63, 3.8) is 0 Å². The van der Waals surface area contributed by atoms with Crippen LogP contribution in [0.2, 0.25) is 0 Å². The summed E-state index contributed by atoms with van der Waals surface area (Å²) >= 11 is 0. The van der Waals surface area contributed by atoms with Crippen molar-refractivity contribution < 1.29 is 18.3 Å². The average Bonchev–Trinajstić information content (AvgIpc) is 3.13. The predicted octanol–water partition coefficient (Wildman–Crippen LogP) is 4.93. The molecule has 2 aliphatic carbocycles. The Morgan fingerprint density at radius 3 is 1.94 bits per heavy atom. The van der Waals surface area contributed by atoms with Crippen LogP contribution in [0.5, 0.6) is 0 Å². The lowest BCUT2D eigenvalue weighted by Crippen LogP contribution is -2.57. The largest absolute Gasteiger partial charge is 0.388 e. The molecule has 2 saturated carbocycles. The van der Waals surface area contributed by atoms with E-state index in [1.165, 1.54) is 0 Å². The number of hydrogen-bond donors (Lipinski definition) is 2. The number of benzene rings is 2. The second-order valence-electron chi connectivity index (χ2n) is 12.2. The molecule has 2 aromatic carbocycles. The Labute approximate surface area is 216 Å². The number of carbonyl (C=O) groups is 1. The maximum Gasteiger partial charge on any atom is 0.212 e. The van der Waals surface area contributed by atoms with Gasteiger partial charge in [0, 0.05) is 24.7 Å². The number of aliphatic hydroxyl groups is 1. The Morgan fingerprint density at radius 2 is 1.53 bits per heavy atom. The van der Waals surface area contributed by atoms with E-state index in [1.54, 1.807) is 0 Å². The summed E-state index contributed by atoms with van der Waals surface area (Å²) in [6.07, 6.45) is 3.13. The van der Waals surface area contributed by atoms with Crippen LogP contribution in [0.3, 0.4) is 0 Å². The smallest absolute Gasteiger partial charge is 0.212 e. The molecule has 0 unspecified atom stereocenters. The zero-order valence-corrected chi connectivity index (χ0v) is 22.9. The van der Waals surface area contributed by atoms with E-state index in [0.29, 0.717) is 32.1 Å². The molecule has 4 rings (SSSR count). The molecule has 36 heavy (non-hydrogen) atoms. The third-order valence-electron chi connectivity index (χ3n) is 8.96. The highest BCUT2D eigenvalue weighted by Gasteiger charge is 2.65. The van der Waals surface area contributed by atoms with Gasteiger partial charge in [-0.2, -0.15) is 0 Å². The Balaban J connectivity index is 1.67. The first kappa shape index (κ1) is 27.0. The molecule has 2 N–H and O–H groups in total. The zero-order valence-electron chi connectivity index (χ0n) is 22.0. The lowest BCUT2D eigenvalue weighted by molar-refractivity contribution is -0.128. The summed E-state index contributed by atoms with van der Waals surface area (Å²) in [5, 5.41) is 12.2. The highest BCUT2D eigenvalue weighted by atomic mass is 32.2. The summed E-state index contributed by atoms with van der Waals surface area (Å²) in [5.74, 6) is 0.288. The number of hydrogen-bond acceptors (Lipinski definition) is 4. The van der Waals surface area contributed by atoms with E-state index in [0.717, 1.165) is 17.5 Å². The van der Waals surface area contributed by atoms with Crippen LogP contribution in [0.4, 0.5) is 0 Å². The van der Waals surface area contributed by atoms with Gasteiger partial charge in [-0.3, -0.25) is 4.79 Å². The summed E-state index contributed by atoms with van der Waals surface area (Å²) < 4.78 is 30.5. The Kier molecular flexibility index (Phi) is 7.53. The molecule has 0 spiro atoms. The molecule has 0 radical (unpaired) electrons. The van der Waals surface area contributed by atoms with Gasteiger partial charge in [0.1, 0.15) is 5.78 Å². The number of rotatable bonds is 11. The first-order chi connectivity index (χ1) is 16.9. The van der Waals surface area contributed by atoms with Crippen molar-refractivity contribution in [3.05, 3.63) is 71.8 Å². The molecule has 3 atom stereocenters. The number of fused-ring (bicyclic) bond motifs is 2. The maximum absolute atomic E-state index is 13.8. The summed E-state index contributed by atoms with van der Waals surface area (Å²) in [6.45, 7) is 8.18. The van der Waals surface area contributed by atoms with Crippen LogP contribution >= 0.6 is 0 Å². The van der Waals surface area contributed by atoms with Crippen molar-refractivity contribution in [2.24, 2.45) is 22.7 Å². The summed E-state index contributed by atoms with van der Waals surface area (Å²) in [5.41, 5.74) is -0.619. The minimum absolute atomic E-state index is 0.0818. The Bertz CT molecular complexity index is 1120. The molecule has 2 fully saturated rings. The zero-order chi connectivity index (χ0) is 26.2. The van der Waals surface area contributed by atoms with Crippen LogP contribution in [0.1, 0.15) is 64.5 Å². The minimum Gasteiger partial charge on any atom is -0.388 e. The van der Waals surface area contributed by atoms with E-state index in [1.807, 2.05) is 74.5 Å². The molecule has 6 heteroatoms. The minimum atomic E-state index is -3.86. The Morgan fingerprint density at radius 1 is 1.00 bits per heavy atom. The molecule has 0 amide bonds. The first-order valence-corrected chi connectivity index (χ1v) is 14.9. The topological polar surface area (TPSA) is 83.5 Å². The maximum atomic E-state index is 13.8. The monoisotopic (exact) mass is 511 g/mol. The van der Waals surface area contributed by atoms with Crippen LogP contribution in [0.25, 0.3) is 0 Å². The Hall–Kier alpha value is -2.02. The standard InChI is InChI=1S/C30H41NO4S/c1-22(2)17-26(31-36(34,35)21-29-16-15-25(18-27(29)32)28(29,3)4)30(33,19-23-11-7-5-8-12-23)20-24-13-9-6-10-14-24/h5-14,22,25-26,31,33H,15-21H2,1-4H3/t25-,26+,29-/m1/s1. The van der Waals surface area contributed by atoms with Gasteiger partial charge in [0.15, 0.2) is 0 Å². The van der Waals surface area contributed by atoms with Crippen molar-refractivity contribution in [3.8, 4) is 0 Å². The lowest BCUT2D eigenvalue weighted by Gasteiger charge is -2.40. The van der Waals surface area contributed by atoms with Crippen molar-refractivity contribution >= 4 is 15.8 Å². The van der Waals surface area contributed by atoms with Crippen molar-refractivity contribution in [1.82, 2.24) is 4.72 Å². The van der Waals surface area contributed by atoms with Crippen molar-refractivity contribution in [2.45, 2.75) is 77.9 Å². The van der Waals surface area contributed by atoms with E-state index in [2.05, 4.69) is 18.6 Å². The van der Waals surface area contributed by atoms with Crippen LogP contribution in [-0.2, 0) is 27.7 Å². The normalized spacial score (nSPS) is 24.4. The van der Waals surface area contributed by atoms with Gasteiger partial charge in [0.25, 0.3) is 0 Å². The van der Waals surface area contributed by atoms with E-state index in [4.69, 9.17) is 0 Å². The second kappa shape index (κ2) is 10.0. The highest BCUT2D eigenvalue weighted by Crippen LogP contribution is 2.64. The van der Waals surface area contributed by atoms with E-state index >= 15 is 0 Å². The van der Waals surface area contributed by atoms with Crippen molar-refractivity contribution in [1.29, 1.82) is 0 Å². The van der Waals surface area contributed by atoms with Gasteiger partial charge in [-0.05, 0) is 47.6 Å². The molecule has 0 aliphatic heterocycles. The van der Waals surface area contributed by atoms with Crippen LogP contribution < -0.4 is 4.72 Å². The molecule has 0 aromatic heterocycles. The number of carbonyl (C=O) groups excluding carboxylic acids is 1. The molecule has 2 aromatic rings. The summed E-state index contributed by atoms with van der Waals surface area (Å²) in [7, 11) is -3.86. The lowest BCUT2D eigenvalue weighted by atomic mass is 9.70. The fourth-order valence-corrected chi connectivity index (χ4v) is 8.91. The molecule has 0 heterocycles. The van der Waals surface area contributed by atoms with Gasteiger partial charge in [-0.1, -0.05) is 88.4 Å². The van der Waals surface area contributed by atoms with E-state index < -0.39 is 27.1 Å². The number of Topliss-reactive ketones (excluding diaryl/α,β-unsaturated/α-hetero) is 1. The van der Waals surface area contributed by atoms with Crippen LogP contribution in [0.15, 0.2) is 60.7 Å². The van der Waals surface area contributed by atoms with Gasteiger partial charge >= 0.3 is 0 Å². The first-order valence-electron chi connectivity index (χ1n) is 13.2. The molecular formula is C30H41NO4S. The van der Waals surface area contributed by atoms with E-state index in [9.17, 15) is 18.3 Å². The van der Waals surface area contributed by atoms with Gasteiger partial charge in [0.2, 0.25) is 10.0 Å². The number of nitrogens with one attached hydrogen (secondary N) is 1. The fourth-order valence-electron chi connectivity index (χ4n) is 6.75. The summed E-state index contributed by atoms with van der Waals surface area (Å²) in [6, 6.07) is 18.8. The fraction of sp³-hybridized carbons (Fsp3) is 0.567. The average molecular weight is 512 g/mol. The van der Waals surface area contributed by atoms with Gasteiger partial charge in [-0.25, -0.2) is 13.1 Å². The summed E-state index contributed by atoms with van der Waals surface area (Å²) in [4.78, 5) is 13.1. The SMILES string of the molecule is CC(C)C[C@H](NS(=O)(=O)C[C@]12CC[C@H](CC1=O)C2(C)C)C(O)(Cc1ccccc1)Cc1ccccc1. The van der Waals surface area contributed by atoms with Crippen LogP contribution in [0, 0.1) is 22.7 Å². The van der Waals surface area contributed by atoms with Gasteiger partial charge in [0.05, 0.1) is 17.4 Å². The number of sulfonamides is 1. The molecule has 2 aliphatic rings. The highest BCUT2D eigenvalue weighted by molar-refractivity contribution is 7.89. The molecule has 2 bridgehead atoms. The third-order valence-corrected chi connectivity index (χ3v) is 10.5. The quantitative estimate of drug-likeness (QED) is 0.448. The van der Waals surface area contributed by atoms with Crippen molar-refractivity contribution in [2.75, 3.05) is 5.75 Å². The van der Waals surface area contributed by atoms with E-state index in [-0.39, 0.29) is 28.8 Å². The number of ketones is 1. The van der Waals surface area contributed by atoms with Gasteiger partial charge in [-0.15, -0.1) is 0 Å².